The van der Waals surface area contributed by atoms with Crippen molar-refractivity contribution in [3.05, 3.63) is 51.8 Å². The molecule has 1 aliphatic heterocycles. The number of hydrogen-bond donors (Lipinski definition) is 1. The van der Waals surface area contributed by atoms with Gasteiger partial charge in [0.1, 0.15) is 29.3 Å². The molecule has 3 aromatic rings. The summed E-state index contributed by atoms with van der Waals surface area (Å²) in [5.74, 6) is 2.01. The first-order chi connectivity index (χ1) is 15.9. The summed E-state index contributed by atoms with van der Waals surface area (Å²) in [6.45, 7) is 10.3. The van der Waals surface area contributed by atoms with Gasteiger partial charge < -0.3 is 19.4 Å². The van der Waals surface area contributed by atoms with Gasteiger partial charge in [-0.15, -0.1) is 0 Å². The van der Waals surface area contributed by atoms with Gasteiger partial charge in [-0.05, 0) is 49.2 Å². The third-order valence-electron chi connectivity index (χ3n) is 6.12. The number of rotatable bonds is 6. The Morgan fingerprint density at radius 3 is 2.45 bits per heavy atom. The number of hydrogen-bond acceptors (Lipinski definition) is 6. The normalized spacial score (nSPS) is 14.5. The number of aryl methyl sites for hydroxylation is 2. The second kappa shape index (κ2) is 9.62. The Bertz CT molecular complexity index is 1210. The van der Waals surface area contributed by atoms with Crippen LogP contribution in [0, 0.1) is 13.8 Å². The number of aromatic nitrogens is 2. The number of aromatic amines is 1. The highest BCUT2D eigenvalue weighted by atomic mass is 16.5. The first-order valence-electron chi connectivity index (χ1n) is 11.2. The number of carbonyl (C=O) groups excluding carboxylic acids is 1. The molecular formula is C25H30N4O4. The van der Waals surface area contributed by atoms with E-state index in [4.69, 9.17) is 9.47 Å². The second-order valence-corrected chi connectivity index (χ2v) is 8.40. The van der Waals surface area contributed by atoms with Gasteiger partial charge in [-0.1, -0.05) is 6.07 Å². The number of benzene rings is 2. The van der Waals surface area contributed by atoms with Crippen LogP contribution < -0.4 is 15.0 Å². The van der Waals surface area contributed by atoms with Crippen molar-refractivity contribution < 1.29 is 14.3 Å². The molecule has 1 N–H and O–H groups in total. The van der Waals surface area contributed by atoms with Crippen LogP contribution in [0.2, 0.25) is 0 Å². The molecule has 0 aliphatic carbocycles. The smallest absolute Gasteiger partial charge is 0.262 e. The zero-order chi connectivity index (χ0) is 23.5. The van der Waals surface area contributed by atoms with E-state index in [-0.39, 0.29) is 11.5 Å². The van der Waals surface area contributed by atoms with Crippen LogP contribution in [-0.4, -0.2) is 72.1 Å². The Kier molecular flexibility index (Phi) is 6.65. The van der Waals surface area contributed by atoms with Crippen LogP contribution in [0.15, 0.2) is 35.1 Å². The zero-order valence-corrected chi connectivity index (χ0v) is 19.6. The largest absolute Gasteiger partial charge is 0.496 e. The summed E-state index contributed by atoms with van der Waals surface area (Å²) in [6.07, 6.45) is 0. The third kappa shape index (κ3) is 4.85. The lowest BCUT2D eigenvalue weighted by Crippen LogP contribution is -2.48. The van der Waals surface area contributed by atoms with Crippen molar-refractivity contribution >= 4 is 16.8 Å². The molecule has 1 fully saturated rings. The van der Waals surface area contributed by atoms with Crippen LogP contribution in [0.3, 0.4) is 0 Å². The van der Waals surface area contributed by atoms with Crippen molar-refractivity contribution in [2.24, 2.45) is 0 Å². The van der Waals surface area contributed by atoms with Gasteiger partial charge in [-0.2, -0.15) is 0 Å². The first kappa shape index (κ1) is 22.8. The van der Waals surface area contributed by atoms with Gasteiger partial charge >= 0.3 is 0 Å². The molecule has 0 saturated carbocycles. The van der Waals surface area contributed by atoms with Crippen molar-refractivity contribution in [2.75, 3.05) is 46.4 Å². The summed E-state index contributed by atoms with van der Waals surface area (Å²) in [5, 5.41) is 0.446. The standard InChI is InChI=1S/C25H30N4O4/c1-16-14-19(24-26-20-6-5-7-21(32-4)22(20)25(31)27-24)15-17(2)23(16)33-13-12-28-8-10-29(11-9-28)18(3)30/h5-7,14-15H,8-13H2,1-4H3,(H,26,27,31). The van der Waals surface area contributed by atoms with Crippen molar-refractivity contribution in [3.8, 4) is 22.9 Å². The number of piperazine rings is 1. The fourth-order valence-electron chi connectivity index (χ4n) is 4.34. The highest BCUT2D eigenvalue weighted by Crippen LogP contribution is 2.29. The lowest BCUT2D eigenvalue weighted by molar-refractivity contribution is -0.130. The maximum absolute atomic E-state index is 12.7. The molecule has 0 atom stereocenters. The van der Waals surface area contributed by atoms with E-state index in [1.165, 1.54) is 0 Å². The van der Waals surface area contributed by atoms with E-state index in [9.17, 15) is 9.59 Å². The molecule has 1 aliphatic rings. The maximum Gasteiger partial charge on any atom is 0.262 e. The Labute approximate surface area is 193 Å². The monoisotopic (exact) mass is 450 g/mol. The van der Waals surface area contributed by atoms with Crippen molar-refractivity contribution in [1.82, 2.24) is 19.8 Å². The van der Waals surface area contributed by atoms with Crippen LogP contribution in [0.4, 0.5) is 0 Å². The van der Waals surface area contributed by atoms with Crippen molar-refractivity contribution in [2.45, 2.75) is 20.8 Å². The van der Waals surface area contributed by atoms with Crippen LogP contribution in [-0.2, 0) is 4.79 Å². The summed E-state index contributed by atoms with van der Waals surface area (Å²) < 4.78 is 11.4. The highest BCUT2D eigenvalue weighted by Gasteiger charge is 2.19. The predicted octanol–water partition coefficient (Wildman–Crippen LogP) is 2.76. The zero-order valence-electron chi connectivity index (χ0n) is 19.6. The molecule has 4 rings (SSSR count). The summed E-state index contributed by atoms with van der Waals surface area (Å²) in [5.41, 5.74) is 3.17. The highest BCUT2D eigenvalue weighted by molar-refractivity contribution is 5.85. The molecular weight excluding hydrogens is 420 g/mol. The Morgan fingerprint density at radius 2 is 1.82 bits per heavy atom. The number of H-pyrrole nitrogens is 1. The van der Waals surface area contributed by atoms with Gasteiger partial charge in [0.25, 0.3) is 5.56 Å². The van der Waals surface area contributed by atoms with E-state index < -0.39 is 0 Å². The SMILES string of the molecule is COc1cccc2nc(-c3cc(C)c(OCCN4CCN(C(C)=O)CC4)c(C)c3)[nH]c(=O)c12. The molecule has 0 bridgehead atoms. The van der Waals surface area contributed by atoms with Crippen LogP contribution >= 0.6 is 0 Å². The molecule has 8 heteroatoms. The molecule has 2 aromatic carbocycles. The number of nitrogens with one attached hydrogen (secondary N) is 1. The number of fused-ring (bicyclic) bond motifs is 1. The maximum atomic E-state index is 12.7. The van der Waals surface area contributed by atoms with E-state index in [0.29, 0.717) is 29.1 Å². The van der Waals surface area contributed by atoms with E-state index in [2.05, 4.69) is 14.9 Å². The predicted molar refractivity (Wildman–Crippen MR) is 128 cm³/mol. The average Bonchev–Trinajstić information content (AvgIpc) is 2.80. The van der Waals surface area contributed by atoms with E-state index in [1.807, 2.05) is 43.0 Å². The number of ether oxygens (including phenoxy) is 2. The van der Waals surface area contributed by atoms with Crippen LogP contribution in [0.25, 0.3) is 22.3 Å². The molecule has 0 spiro atoms. The van der Waals surface area contributed by atoms with E-state index >= 15 is 0 Å². The van der Waals surface area contributed by atoms with Gasteiger partial charge in [0, 0.05) is 45.2 Å². The number of nitrogens with zero attached hydrogens (tertiary/aromatic N) is 3. The fraction of sp³-hybridized carbons (Fsp3) is 0.400. The van der Waals surface area contributed by atoms with Gasteiger partial charge in [-0.3, -0.25) is 14.5 Å². The number of carbonyl (C=O) groups is 1. The molecule has 0 radical (unpaired) electrons. The quantitative estimate of drug-likeness (QED) is 0.621. The molecule has 0 unspecified atom stereocenters. The Hall–Kier alpha value is -3.39. The van der Waals surface area contributed by atoms with Crippen molar-refractivity contribution in [1.29, 1.82) is 0 Å². The Morgan fingerprint density at radius 1 is 1.12 bits per heavy atom. The topological polar surface area (TPSA) is 87.8 Å². The van der Waals surface area contributed by atoms with E-state index in [1.54, 1.807) is 20.1 Å². The molecule has 174 valence electrons. The molecule has 33 heavy (non-hydrogen) atoms. The van der Waals surface area contributed by atoms with Crippen LogP contribution in [0.5, 0.6) is 11.5 Å². The first-order valence-corrected chi connectivity index (χ1v) is 11.2. The average molecular weight is 451 g/mol. The third-order valence-corrected chi connectivity index (χ3v) is 6.12. The molecule has 2 heterocycles. The number of amides is 1. The van der Waals surface area contributed by atoms with Crippen LogP contribution in [0.1, 0.15) is 18.1 Å². The summed E-state index contributed by atoms with van der Waals surface area (Å²) in [7, 11) is 1.54. The number of methoxy groups -OCH3 is 1. The second-order valence-electron chi connectivity index (χ2n) is 8.40. The van der Waals surface area contributed by atoms with Gasteiger partial charge in [0.2, 0.25) is 5.91 Å². The minimum absolute atomic E-state index is 0.138. The molecule has 1 saturated heterocycles. The van der Waals surface area contributed by atoms with E-state index in [0.717, 1.165) is 55.2 Å². The lowest BCUT2D eigenvalue weighted by atomic mass is 10.0. The molecule has 1 aromatic heterocycles. The van der Waals surface area contributed by atoms with Gasteiger partial charge in [0.15, 0.2) is 0 Å². The fourth-order valence-corrected chi connectivity index (χ4v) is 4.34. The molecule has 1 amide bonds. The van der Waals surface area contributed by atoms with Crippen molar-refractivity contribution in [3.63, 3.8) is 0 Å². The van der Waals surface area contributed by atoms with Gasteiger partial charge in [0.05, 0.1) is 12.6 Å². The summed E-state index contributed by atoms with van der Waals surface area (Å²) in [4.78, 5) is 35.9. The lowest BCUT2D eigenvalue weighted by Gasteiger charge is -2.34. The minimum atomic E-state index is -0.229. The summed E-state index contributed by atoms with van der Waals surface area (Å²) in [6, 6.07) is 9.36. The van der Waals surface area contributed by atoms with Gasteiger partial charge in [-0.25, -0.2) is 4.98 Å². The minimum Gasteiger partial charge on any atom is -0.496 e. The molecule has 8 nitrogen and oxygen atoms in total. The summed E-state index contributed by atoms with van der Waals surface area (Å²) >= 11 is 0. The Balaban J connectivity index is 1.48.